The number of rotatable bonds is 6. The molecule has 1 aromatic carbocycles. The average Bonchev–Trinajstić information content (AvgIpc) is 2.44. The van der Waals surface area contributed by atoms with E-state index in [1.165, 1.54) is 0 Å². The standard InChI is InChI=1S/C19H22O/c1-4-9-18(13-8-10-16(2)3)19(20)15-14-17-11-6-5-7-12-17/h1,5-9,11-16,19-20H,10H2,2-3H3/b13-8-,15-14+,18-9+. The molecule has 1 heteroatoms. The molecule has 1 atom stereocenters. The summed E-state index contributed by atoms with van der Waals surface area (Å²) in [7, 11) is 0. The predicted molar refractivity (Wildman–Crippen MR) is 87.0 cm³/mol. The van der Waals surface area contributed by atoms with Crippen molar-refractivity contribution >= 4 is 6.08 Å². The van der Waals surface area contributed by atoms with Gasteiger partial charge < -0.3 is 5.11 Å². The highest BCUT2D eigenvalue weighted by molar-refractivity contribution is 5.51. The van der Waals surface area contributed by atoms with Gasteiger partial charge in [0.1, 0.15) is 0 Å². The van der Waals surface area contributed by atoms with E-state index < -0.39 is 6.10 Å². The second-order valence-corrected chi connectivity index (χ2v) is 5.06. The van der Waals surface area contributed by atoms with Gasteiger partial charge in [0.05, 0.1) is 6.10 Å². The smallest absolute Gasteiger partial charge is 0.0981 e. The molecule has 0 aliphatic carbocycles. The maximum atomic E-state index is 10.2. The minimum atomic E-state index is -0.685. The third kappa shape index (κ3) is 6.22. The lowest BCUT2D eigenvalue weighted by atomic mass is 10.0. The molecule has 0 aliphatic rings. The summed E-state index contributed by atoms with van der Waals surface area (Å²) in [5.41, 5.74) is 1.79. The van der Waals surface area contributed by atoms with Crippen molar-refractivity contribution < 1.29 is 5.11 Å². The fourth-order valence-corrected chi connectivity index (χ4v) is 1.68. The monoisotopic (exact) mass is 266 g/mol. The van der Waals surface area contributed by atoms with Gasteiger partial charge in [0.15, 0.2) is 0 Å². The number of aliphatic hydroxyl groups is 1. The maximum Gasteiger partial charge on any atom is 0.0981 e. The quantitative estimate of drug-likeness (QED) is 0.603. The van der Waals surface area contributed by atoms with Crippen molar-refractivity contribution in [2.24, 2.45) is 5.92 Å². The van der Waals surface area contributed by atoms with Crippen molar-refractivity contribution in [1.29, 1.82) is 0 Å². The third-order valence-corrected chi connectivity index (χ3v) is 2.78. The molecule has 0 bridgehead atoms. The first-order chi connectivity index (χ1) is 9.63. The number of allylic oxidation sites excluding steroid dienone is 2. The predicted octanol–water partition coefficient (Wildman–Crippen LogP) is 4.22. The minimum Gasteiger partial charge on any atom is -0.384 e. The number of hydrogen-bond donors (Lipinski definition) is 1. The molecule has 1 rings (SSSR count). The highest BCUT2D eigenvalue weighted by Gasteiger charge is 2.03. The molecule has 0 aliphatic heterocycles. The summed E-state index contributed by atoms with van der Waals surface area (Å²) >= 11 is 0. The molecular weight excluding hydrogens is 244 g/mol. The summed E-state index contributed by atoms with van der Waals surface area (Å²) in [5.74, 6) is 3.07. The molecule has 0 radical (unpaired) electrons. The van der Waals surface area contributed by atoms with Crippen molar-refractivity contribution in [3.8, 4) is 12.3 Å². The number of hydrogen-bond acceptors (Lipinski definition) is 1. The van der Waals surface area contributed by atoms with Crippen molar-refractivity contribution in [1.82, 2.24) is 0 Å². The lowest BCUT2D eigenvalue weighted by Gasteiger charge is -2.06. The Hall–Kier alpha value is -2.04. The van der Waals surface area contributed by atoms with E-state index in [2.05, 4.69) is 19.8 Å². The Kier molecular flexibility index (Phi) is 7.17. The Bertz CT molecular complexity index is 512. The van der Waals surface area contributed by atoms with Crippen LogP contribution in [0.25, 0.3) is 6.08 Å². The van der Waals surface area contributed by atoms with Gasteiger partial charge in [-0.25, -0.2) is 0 Å². The zero-order valence-corrected chi connectivity index (χ0v) is 12.2. The molecule has 20 heavy (non-hydrogen) atoms. The van der Waals surface area contributed by atoms with Crippen molar-refractivity contribution in [3.05, 3.63) is 65.8 Å². The zero-order chi connectivity index (χ0) is 14.8. The van der Waals surface area contributed by atoms with E-state index >= 15 is 0 Å². The molecule has 0 saturated heterocycles. The Morgan fingerprint density at radius 3 is 2.60 bits per heavy atom. The lowest BCUT2D eigenvalue weighted by Crippen LogP contribution is -2.04. The normalized spacial score (nSPS) is 14.1. The van der Waals surface area contributed by atoms with Crippen LogP contribution in [-0.4, -0.2) is 11.2 Å². The lowest BCUT2D eigenvalue weighted by molar-refractivity contribution is 0.264. The summed E-state index contributed by atoms with van der Waals surface area (Å²) < 4.78 is 0. The largest absolute Gasteiger partial charge is 0.384 e. The second-order valence-electron chi connectivity index (χ2n) is 5.06. The minimum absolute atomic E-state index is 0.593. The first-order valence-electron chi connectivity index (χ1n) is 6.87. The molecule has 0 amide bonds. The maximum absolute atomic E-state index is 10.2. The van der Waals surface area contributed by atoms with Gasteiger partial charge in [-0.2, -0.15) is 0 Å². The average molecular weight is 266 g/mol. The van der Waals surface area contributed by atoms with Gasteiger partial charge in [-0.1, -0.05) is 74.4 Å². The van der Waals surface area contributed by atoms with Crippen LogP contribution in [0, 0.1) is 18.3 Å². The van der Waals surface area contributed by atoms with E-state index in [-0.39, 0.29) is 0 Å². The Morgan fingerprint density at radius 2 is 2.00 bits per heavy atom. The molecule has 1 nitrogen and oxygen atoms in total. The summed E-state index contributed by atoms with van der Waals surface area (Å²) in [6, 6.07) is 9.87. The number of aliphatic hydroxyl groups excluding tert-OH is 1. The Morgan fingerprint density at radius 1 is 1.30 bits per heavy atom. The van der Waals surface area contributed by atoms with Crippen LogP contribution < -0.4 is 0 Å². The fourth-order valence-electron chi connectivity index (χ4n) is 1.68. The van der Waals surface area contributed by atoms with Crippen LogP contribution in [0.4, 0.5) is 0 Å². The highest BCUT2D eigenvalue weighted by atomic mass is 16.3. The molecule has 0 spiro atoms. The van der Waals surface area contributed by atoms with Gasteiger partial charge >= 0.3 is 0 Å². The Labute approximate surface area is 122 Å². The van der Waals surface area contributed by atoms with Gasteiger partial charge in [-0.05, 0) is 29.6 Å². The van der Waals surface area contributed by atoms with Gasteiger partial charge in [0, 0.05) is 0 Å². The van der Waals surface area contributed by atoms with Crippen LogP contribution in [0.1, 0.15) is 25.8 Å². The summed E-state index contributed by atoms with van der Waals surface area (Å²) in [4.78, 5) is 0. The topological polar surface area (TPSA) is 20.2 Å². The van der Waals surface area contributed by atoms with Crippen LogP contribution in [0.5, 0.6) is 0 Å². The SMILES string of the molecule is C#C/C=C(\C=C/CC(C)C)C(O)/C=C/c1ccccc1. The number of benzene rings is 1. The van der Waals surface area contributed by atoms with Crippen LogP contribution in [-0.2, 0) is 0 Å². The van der Waals surface area contributed by atoms with Gasteiger partial charge in [0.2, 0.25) is 0 Å². The van der Waals surface area contributed by atoms with Crippen LogP contribution >= 0.6 is 0 Å². The molecule has 1 unspecified atom stereocenters. The van der Waals surface area contributed by atoms with Gasteiger partial charge in [-0.15, -0.1) is 6.42 Å². The second kappa shape index (κ2) is 8.96. The van der Waals surface area contributed by atoms with Crippen molar-refractivity contribution in [2.75, 3.05) is 0 Å². The van der Waals surface area contributed by atoms with Gasteiger partial charge in [-0.3, -0.25) is 0 Å². The molecule has 104 valence electrons. The van der Waals surface area contributed by atoms with E-state index in [4.69, 9.17) is 6.42 Å². The molecule has 0 heterocycles. The highest BCUT2D eigenvalue weighted by Crippen LogP contribution is 2.11. The van der Waals surface area contributed by atoms with Crippen LogP contribution in [0.15, 0.2) is 60.2 Å². The van der Waals surface area contributed by atoms with E-state index in [1.807, 2.05) is 48.6 Å². The van der Waals surface area contributed by atoms with Crippen LogP contribution in [0.3, 0.4) is 0 Å². The molecule has 1 aromatic rings. The zero-order valence-electron chi connectivity index (χ0n) is 12.2. The van der Waals surface area contributed by atoms with E-state index in [0.29, 0.717) is 5.92 Å². The third-order valence-electron chi connectivity index (χ3n) is 2.78. The van der Waals surface area contributed by atoms with Crippen LogP contribution in [0.2, 0.25) is 0 Å². The van der Waals surface area contributed by atoms with E-state index in [1.54, 1.807) is 12.2 Å². The van der Waals surface area contributed by atoms with E-state index in [9.17, 15) is 5.11 Å². The molecular formula is C19H22O. The molecule has 0 fully saturated rings. The summed E-state index contributed by atoms with van der Waals surface area (Å²) in [6.07, 6.45) is 14.8. The number of terminal acetylenes is 1. The molecule has 0 aromatic heterocycles. The molecule has 1 N–H and O–H groups in total. The summed E-state index contributed by atoms with van der Waals surface area (Å²) in [6.45, 7) is 4.31. The first-order valence-corrected chi connectivity index (χ1v) is 6.87. The van der Waals surface area contributed by atoms with Gasteiger partial charge in [0.25, 0.3) is 0 Å². The summed E-state index contributed by atoms with van der Waals surface area (Å²) in [5, 5.41) is 10.2. The van der Waals surface area contributed by atoms with E-state index in [0.717, 1.165) is 17.6 Å². The van der Waals surface area contributed by atoms with Crippen molar-refractivity contribution in [2.45, 2.75) is 26.4 Å². The first kappa shape index (κ1) is 16.0. The fraction of sp³-hybridized carbons (Fsp3) is 0.263. The van der Waals surface area contributed by atoms with Crippen molar-refractivity contribution in [3.63, 3.8) is 0 Å². The Balaban J connectivity index is 2.73. The molecule has 0 saturated carbocycles.